The van der Waals surface area contributed by atoms with E-state index in [-0.39, 0.29) is 6.85 Å². The minimum absolute atomic E-state index is 0.280. The number of benzene rings is 4. The number of anilines is 2. The summed E-state index contributed by atoms with van der Waals surface area (Å²) in [6.07, 6.45) is 3.89. The molecule has 2 heterocycles. The second kappa shape index (κ2) is 16.3. The number of pyridine rings is 1. The normalized spacial score (nSPS) is 14.7. The van der Waals surface area contributed by atoms with Gasteiger partial charge >= 0.3 is 20.1 Å². The molecule has 0 bridgehead atoms. The molecule has 0 saturated carbocycles. The van der Waals surface area contributed by atoms with E-state index in [0.29, 0.717) is 17.0 Å². The molecule has 300 valence electrons. The predicted molar refractivity (Wildman–Crippen MR) is 243 cm³/mol. The first-order valence-corrected chi connectivity index (χ1v) is 20.2. The van der Waals surface area contributed by atoms with Crippen LogP contribution in [0, 0.1) is 69.2 Å². The highest BCUT2D eigenvalue weighted by atomic mass is 16.7. The van der Waals surface area contributed by atoms with Gasteiger partial charge in [-0.3, -0.25) is 4.98 Å². The highest BCUT2D eigenvalue weighted by molar-refractivity contribution is 6.89. The number of carbonyl (C=O) groups is 1. The number of ether oxygens (including phenoxy) is 1. The van der Waals surface area contributed by atoms with E-state index in [4.69, 9.17) is 19.0 Å². The Kier molecular flexibility index (Phi) is 11.9. The van der Waals surface area contributed by atoms with Crippen molar-refractivity contribution in [2.75, 3.05) is 16.7 Å². The third-order valence-electron chi connectivity index (χ3n) is 12.1. The first kappa shape index (κ1) is 42.5. The lowest BCUT2D eigenvalue weighted by Gasteiger charge is -2.38. The van der Waals surface area contributed by atoms with Crippen LogP contribution >= 0.6 is 0 Å². The zero-order chi connectivity index (χ0) is 42.4. The molecule has 0 unspecified atom stereocenters. The van der Waals surface area contributed by atoms with E-state index in [1.165, 1.54) is 51.4 Å². The summed E-state index contributed by atoms with van der Waals surface area (Å²) in [6.45, 7) is 29.8. The lowest BCUT2D eigenvalue weighted by Crippen LogP contribution is -2.59. The monoisotopic (exact) mass is 775 g/mol. The summed E-state index contributed by atoms with van der Waals surface area (Å²) in [6, 6.07) is 25.4. The van der Waals surface area contributed by atoms with E-state index in [9.17, 15) is 4.79 Å². The molecule has 0 amide bonds. The SMILES string of the molecule is COC(=O)c1ccnc(/C(=C\N(B(c2c(C)cc(C)cc2C)c2c(C)cc(C)cc2C)c2c(C)cccc2C)N(B2OC(C)(C)C(C)(C)O2)c2c(C)cccc2C)c1. The Bertz CT molecular complexity index is 2260. The van der Waals surface area contributed by atoms with Crippen molar-refractivity contribution >= 4 is 48.1 Å². The van der Waals surface area contributed by atoms with Gasteiger partial charge in [0.05, 0.1) is 35.3 Å². The molecule has 5 aromatic rings. The van der Waals surface area contributed by atoms with Gasteiger partial charge in [0.2, 0.25) is 0 Å². The molecule has 1 aromatic heterocycles. The van der Waals surface area contributed by atoms with Crippen molar-refractivity contribution in [1.82, 2.24) is 4.98 Å². The van der Waals surface area contributed by atoms with Crippen LogP contribution in [0.3, 0.4) is 0 Å². The second-order valence-corrected chi connectivity index (χ2v) is 17.3. The number of carbonyl (C=O) groups excluding carboxylic acids is 1. The van der Waals surface area contributed by atoms with Crippen molar-refractivity contribution < 1.29 is 18.8 Å². The van der Waals surface area contributed by atoms with E-state index in [1.54, 1.807) is 12.3 Å². The van der Waals surface area contributed by atoms with Crippen molar-refractivity contribution in [2.24, 2.45) is 0 Å². The van der Waals surface area contributed by atoms with Crippen LogP contribution < -0.4 is 20.5 Å². The van der Waals surface area contributed by atoms with Crippen molar-refractivity contribution in [3.05, 3.63) is 152 Å². The second-order valence-electron chi connectivity index (χ2n) is 17.3. The summed E-state index contributed by atoms with van der Waals surface area (Å²) in [5, 5.41) is 0. The third kappa shape index (κ3) is 7.99. The average molecular weight is 776 g/mol. The molecule has 0 aliphatic carbocycles. The number of methoxy groups -OCH3 is 1. The Morgan fingerprint density at radius 3 is 1.52 bits per heavy atom. The van der Waals surface area contributed by atoms with E-state index in [2.05, 4.69) is 173 Å². The Hall–Kier alpha value is -5.11. The van der Waals surface area contributed by atoms with Crippen LogP contribution in [0.15, 0.2) is 85.2 Å². The van der Waals surface area contributed by atoms with Gasteiger partial charge in [0, 0.05) is 23.8 Å². The quantitative estimate of drug-likeness (QED) is 0.103. The van der Waals surface area contributed by atoms with Gasteiger partial charge in [0.1, 0.15) is 0 Å². The lowest BCUT2D eigenvalue weighted by molar-refractivity contribution is 0.00578. The van der Waals surface area contributed by atoms with Gasteiger partial charge in [0.15, 0.2) is 0 Å². The van der Waals surface area contributed by atoms with Crippen LogP contribution in [-0.4, -0.2) is 43.4 Å². The number of hydrogen-bond donors (Lipinski definition) is 0. The fourth-order valence-corrected chi connectivity index (χ4v) is 8.79. The van der Waals surface area contributed by atoms with Gasteiger partial charge in [-0.2, -0.15) is 0 Å². The van der Waals surface area contributed by atoms with Gasteiger partial charge in [0.25, 0.3) is 0 Å². The van der Waals surface area contributed by atoms with Gasteiger partial charge < -0.3 is 23.7 Å². The molecule has 58 heavy (non-hydrogen) atoms. The van der Waals surface area contributed by atoms with Crippen molar-refractivity contribution in [2.45, 2.75) is 108 Å². The van der Waals surface area contributed by atoms with Gasteiger partial charge in [-0.15, -0.1) is 0 Å². The Morgan fingerprint density at radius 1 is 0.655 bits per heavy atom. The third-order valence-corrected chi connectivity index (χ3v) is 12.1. The van der Waals surface area contributed by atoms with E-state index < -0.39 is 24.4 Å². The first-order chi connectivity index (χ1) is 27.3. The number of para-hydroxylation sites is 2. The number of aromatic nitrogens is 1. The Labute approximate surface area is 347 Å². The summed E-state index contributed by atoms with van der Waals surface area (Å²) in [5.41, 5.74) is 16.4. The molecule has 1 aliphatic heterocycles. The molecule has 0 radical (unpaired) electrons. The summed E-state index contributed by atoms with van der Waals surface area (Å²) < 4.78 is 19.2. The van der Waals surface area contributed by atoms with E-state index in [1.807, 2.05) is 6.07 Å². The van der Waals surface area contributed by atoms with Gasteiger partial charge in [-0.05, 0) is 142 Å². The standard InChI is InChI=1S/C49H59B2N3O4/c1-30-24-36(7)43(37(8)25-30)50(44-38(9)26-31(2)27-39(44)10)53(45-32(3)18-16-19-33(45)4)29-42(41-28-40(22-23-52-41)47(55)56-15)54(46-34(5)20-17-21-35(46)6)51-57-48(11,12)49(13,14)58-51/h16-29H,1-15H3/b42-29+. The minimum Gasteiger partial charge on any atom is -0.465 e. The fourth-order valence-electron chi connectivity index (χ4n) is 8.79. The maximum atomic E-state index is 13.2. The zero-order valence-corrected chi connectivity index (χ0v) is 37.2. The number of aryl methyl sites for hydroxylation is 10. The highest BCUT2D eigenvalue weighted by Gasteiger charge is 2.55. The zero-order valence-electron chi connectivity index (χ0n) is 37.2. The number of esters is 1. The van der Waals surface area contributed by atoms with Crippen molar-refractivity contribution in [3.8, 4) is 0 Å². The van der Waals surface area contributed by atoms with Crippen LogP contribution in [0.1, 0.15) is 99.4 Å². The molecule has 1 aliphatic rings. The number of hydrogen-bond acceptors (Lipinski definition) is 7. The molecule has 6 rings (SSSR count). The Morgan fingerprint density at radius 2 is 1.09 bits per heavy atom. The molecule has 0 N–H and O–H groups in total. The molecule has 7 nitrogen and oxygen atoms in total. The highest BCUT2D eigenvalue weighted by Crippen LogP contribution is 2.43. The van der Waals surface area contributed by atoms with Crippen LogP contribution in [0.4, 0.5) is 11.4 Å². The van der Waals surface area contributed by atoms with Crippen molar-refractivity contribution in [3.63, 3.8) is 0 Å². The topological polar surface area (TPSA) is 64.1 Å². The smallest absolute Gasteiger partial charge is 0.465 e. The molecule has 1 saturated heterocycles. The Balaban J connectivity index is 1.83. The number of rotatable bonds is 10. The fraction of sp³-hybridized carbons (Fsp3) is 0.347. The van der Waals surface area contributed by atoms with E-state index in [0.717, 1.165) is 33.6 Å². The maximum Gasteiger partial charge on any atom is 0.599 e. The summed E-state index contributed by atoms with van der Waals surface area (Å²) in [4.78, 5) is 22.9. The van der Waals surface area contributed by atoms with Crippen LogP contribution in [0.5, 0.6) is 0 Å². The number of nitrogens with zero attached hydrogens (tertiary/aromatic N) is 3. The van der Waals surface area contributed by atoms with Gasteiger partial charge in [-0.1, -0.05) is 94.0 Å². The van der Waals surface area contributed by atoms with E-state index >= 15 is 0 Å². The molecular formula is C49H59B2N3O4. The molecular weight excluding hydrogens is 716 g/mol. The van der Waals surface area contributed by atoms with Crippen LogP contribution in [-0.2, 0) is 14.0 Å². The van der Waals surface area contributed by atoms with Gasteiger partial charge in [-0.25, -0.2) is 4.79 Å². The van der Waals surface area contributed by atoms with Crippen LogP contribution in [0.25, 0.3) is 5.70 Å². The molecule has 1 fully saturated rings. The molecule has 0 atom stereocenters. The summed E-state index contributed by atoms with van der Waals surface area (Å²) in [5.74, 6) is -0.446. The molecule has 9 heteroatoms. The minimum atomic E-state index is -0.858. The summed E-state index contributed by atoms with van der Waals surface area (Å²) >= 11 is 0. The lowest BCUT2D eigenvalue weighted by atomic mass is 9.45. The van der Waals surface area contributed by atoms with Crippen LogP contribution in [0.2, 0.25) is 0 Å². The molecule has 0 spiro atoms. The summed E-state index contributed by atoms with van der Waals surface area (Å²) in [7, 11) is 0.543. The largest absolute Gasteiger partial charge is 0.599 e. The molecule has 4 aromatic carbocycles. The maximum absolute atomic E-state index is 13.2. The van der Waals surface area contributed by atoms with Crippen molar-refractivity contribution in [1.29, 1.82) is 0 Å². The first-order valence-electron chi connectivity index (χ1n) is 20.2. The predicted octanol–water partition coefficient (Wildman–Crippen LogP) is 9.66. The average Bonchev–Trinajstić information content (AvgIpc) is 3.35.